The van der Waals surface area contributed by atoms with Crippen molar-refractivity contribution in [3.05, 3.63) is 89.0 Å². The zero-order valence-corrected chi connectivity index (χ0v) is 32.2. The van der Waals surface area contributed by atoms with E-state index in [0.29, 0.717) is 18.4 Å². The van der Waals surface area contributed by atoms with Gasteiger partial charge in [0.15, 0.2) is 12.4 Å². The first kappa shape index (κ1) is 44.2. The topological polar surface area (TPSA) is 141 Å². The summed E-state index contributed by atoms with van der Waals surface area (Å²) in [4.78, 5) is 54.6. The fourth-order valence-electron chi connectivity index (χ4n) is 6.84. The van der Waals surface area contributed by atoms with Gasteiger partial charge in [0, 0.05) is 50.9 Å². The second-order valence-corrected chi connectivity index (χ2v) is 14.1. The molecule has 2 amide bonds. The Morgan fingerprint density at radius 1 is 1.00 bits per heavy atom. The lowest BCUT2D eigenvalue weighted by atomic mass is 9.90. The molecule has 4 rings (SSSR count). The van der Waals surface area contributed by atoms with E-state index in [0.717, 1.165) is 50.2 Å². The van der Waals surface area contributed by atoms with Gasteiger partial charge in [-0.2, -0.15) is 13.2 Å². The van der Waals surface area contributed by atoms with Crippen LogP contribution in [0.2, 0.25) is 0 Å². The summed E-state index contributed by atoms with van der Waals surface area (Å²) in [5.74, 6) is -3.82. The number of nitrogens with zero attached hydrogens (tertiary/aromatic N) is 1. The molecule has 1 aliphatic carbocycles. The number of alkyl halides is 3. The molecule has 2 aromatic rings. The van der Waals surface area contributed by atoms with Gasteiger partial charge in [0.1, 0.15) is 24.4 Å². The summed E-state index contributed by atoms with van der Waals surface area (Å²) in [5.41, 5.74) is 1.52. The van der Waals surface area contributed by atoms with Gasteiger partial charge in [-0.05, 0) is 48.3 Å². The maximum atomic E-state index is 14.3. The van der Waals surface area contributed by atoms with Gasteiger partial charge in [-0.1, -0.05) is 82.0 Å². The number of halogens is 3. The fourth-order valence-corrected chi connectivity index (χ4v) is 6.84. The highest BCUT2D eigenvalue weighted by Gasteiger charge is 2.52. The van der Waals surface area contributed by atoms with Crippen LogP contribution in [0.3, 0.4) is 0 Å². The average Bonchev–Trinajstić information content (AvgIpc) is 3.56. The molecule has 1 saturated heterocycles. The molecule has 2 aliphatic rings. The number of fused-ring (bicyclic) bond motifs is 1. The Balaban J connectivity index is 1.62. The second-order valence-electron chi connectivity index (χ2n) is 14.1. The third-order valence-corrected chi connectivity index (χ3v) is 9.72. The van der Waals surface area contributed by atoms with E-state index in [1.165, 1.54) is 36.2 Å². The molecule has 2 aromatic carbocycles. The Morgan fingerprint density at radius 2 is 1.70 bits per heavy atom. The van der Waals surface area contributed by atoms with E-state index in [9.17, 15) is 37.5 Å². The quantitative estimate of drug-likeness (QED) is 0.0877. The molecule has 4 unspecified atom stereocenters. The maximum absolute atomic E-state index is 14.3. The zero-order valence-electron chi connectivity index (χ0n) is 32.2. The summed E-state index contributed by atoms with van der Waals surface area (Å²) >= 11 is 0. The lowest BCUT2D eigenvalue weighted by molar-refractivity contribution is -0.190. The molecule has 0 spiro atoms. The van der Waals surface area contributed by atoms with Crippen molar-refractivity contribution < 1.29 is 56.4 Å². The summed E-state index contributed by atoms with van der Waals surface area (Å²) in [6.45, 7) is 2.22. The molecular formula is C42H53F3N2O9. The van der Waals surface area contributed by atoms with Crippen molar-refractivity contribution in [2.24, 2.45) is 0 Å². The van der Waals surface area contributed by atoms with Gasteiger partial charge < -0.3 is 34.3 Å². The Labute approximate surface area is 326 Å². The number of hydrogen-bond acceptors (Lipinski definition) is 9. The minimum Gasteiger partial charge on any atom is -0.456 e. The van der Waals surface area contributed by atoms with Crippen molar-refractivity contribution in [3.63, 3.8) is 0 Å². The number of carbonyl (C=O) groups is 4. The van der Waals surface area contributed by atoms with Crippen molar-refractivity contribution in [2.75, 3.05) is 26.8 Å². The SMILES string of the molecule is CCCCCC1(CCCCC)OC2C=C(C(=O)N(C)C(Cc3ccccc3)C(=O)NCCO)CC(OC(=O)c3cccc(C=CC(=O)OCC(F)(F)F)c3)C2O1. The molecule has 4 atom stereocenters. The average molecular weight is 787 g/mol. The molecule has 0 aromatic heterocycles. The van der Waals surface area contributed by atoms with E-state index in [1.54, 1.807) is 12.1 Å². The van der Waals surface area contributed by atoms with Gasteiger partial charge in [0.05, 0.1) is 12.2 Å². The van der Waals surface area contributed by atoms with E-state index < -0.39 is 66.7 Å². The van der Waals surface area contributed by atoms with Gasteiger partial charge in [0.2, 0.25) is 11.8 Å². The third kappa shape index (κ3) is 13.0. The lowest BCUT2D eigenvalue weighted by Crippen LogP contribution is -2.51. The summed E-state index contributed by atoms with van der Waals surface area (Å²) in [6, 6.07) is 14.3. The number of aliphatic hydroxyl groups excluding tert-OH is 1. The highest BCUT2D eigenvalue weighted by Crippen LogP contribution is 2.43. The highest BCUT2D eigenvalue weighted by molar-refractivity contribution is 5.97. The maximum Gasteiger partial charge on any atom is 0.422 e. The van der Waals surface area contributed by atoms with Crippen molar-refractivity contribution in [1.29, 1.82) is 0 Å². The summed E-state index contributed by atoms with van der Waals surface area (Å²) in [7, 11) is 1.53. The lowest BCUT2D eigenvalue weighted by Gasteiger charge is -2.33. The van der Waals surface area contributed by atoms with Crippen LogP contribution in [0, 0.1) is 0 Å². The number of likely N-dealkylation sites (N-methyl/N-ethyl adjacent to an activating group) is 1. The first-order chi connectivity index (χ1) is 26.8. The van der Waals surface area contributed by atoms with Crippen LogP contribution in [0.25, 0.3) is 6.08 Å². The predicted molar refractivity (Wildman–Crippen MR) is 202 cm³/mol. The standard InChI is InChI=1S/C42H53F3N2O9/c1-4-6-11-20-41(21-12-7-5-2)55-35-27-32(39(51)47(3)33(38(50)46-22-23-48)25-29-14-9-8-10-15-29)26-34(37(35)56-41)54-40(52)31-17-13-16-30(24-31)18-19-36(49)53-28-42(43,44)45/h8-10,13-19,24,27,33-35,37,48H,4-7,11-12,20-23,25-26,28H2,1-3H3,(H,46,50). The van der Waals surface area contributed by atoms with Crippen molar-refractivity contribution in [2.45, 2.75) is 114 Å². The summed E-state index contributed by atoms with van der Waals surface area (Å²) in [5, 5.41) is 12.0. The molecule has 56 heavy (non-hydrogen) atoms. The highest BCUT2D eigenvalue weighted by atomic mass is 19.4. The summed E-state index contributed by atoms with van der Waals surface area (Å²) < 4.78 is 61.1. The monoisotopic (exact) mass is 786 g/mol. The normalized spacial score (nSPS) is 19.5. The third-order valence-electron chi connectivity index (χ3n) is 9.72. The van der Waals surface area contributed by atoms with Gasteiger partial charge in [-0.25, -0.2) is 9.59 Å². The molecular weight excluding hydrogens is 733 g/mol. The Morgan fingerprint density at radius 3 is 2.34 bits per heavy atom. The van der Waals surface area contributed by atoms with Crippen molar-refractivity contribution >= 4 is 29.8 Å². The number of ether oxygens (including phenoxy) is 4. The molecule has 0 radical (unpaired) electrons. The van der Waals surface area contributed by atoms with Gasteiger partial charge in [-0.3, -0.25) is 9.59 Å². The zero-order chi connectivity index (χ0) is 40.7. The largest absolute Gasteiger partial charge is 0.456 e. The number of benzene rings is 2. The molecule has 306 valence electrons. The molecule has 14 heteroatoms. The minimum atomic E-state index is -4.67. The van der Waals surface area contributed by atoms with E-state index in [-0.39, 0.29) is 37.1 Å². The molecule has 0 saturated carbocycles. The Bertz CT molecular complexity index is 1670. The first-order valence-electron chi connectivity index (χ1n) is 19.3. The van der Waals surface area contributed by atoms with Crippen LogP contribution in [-0.2, 0) is 39.8 Å². The van der Waals surface area contributed by atoms with E-state index in [2.05, 4.69) is 23.9 Å². The van der Waals surface area contributed by atoms with Crippen LogP contribution in [0.15, 0.2) is 72.3 Å². The molecule has 1 fully saturated rings. The van der Waals surface area contributed by atoms with Gasteiger partial charge in [-0.15, -0.1) is 0 Å². The van der Waals surface area contributed by atoms with Crippen LogP contribution in [-0.4, -0.2) is 96.9 Å². The minimum absolute atomic E-state index is 0.0130. The first-order valence-corrected chi connectivity index (χ1v) is 19.3. The molecule has 1 heterocycles. The van der Waals surface area contributed by atoms with Crippen LogP contribution in [0.5, 0.6) is 0 Å². The van der Waals surface area contributed by atoms with Gasteiger partial charge in [0.25, 0.3) is 0 Å². The predicted octanol–water partition coefficient (Wildman–Crippen LogP) is 6.48. The van der Waals surface area contributed by atoms with Crippen LogP contribution < -0.4 is 5.32 Å². The molecule has 2 N–H and O–H groups in total. The second kappa shape index (κ2) is 21.1. The number of carbonyl (C=O) groups excluding carboxylic acids is 4. The van der Waals surface area contributed by atoms with Crippen molar-refractivity contribution in [1.82, 2.24) is 10.2 Å². The van der Waals surface area contributed by atoms with Gasteiger partial charge >= 0.3 is 18.1 Å². The number of hydrogen-bond donors (Lipinski definition) is 2. The van der Waals surface area contributed by atoms with E-state index in [1.807, 2.05) is 30.3 Å². The number of nitrogens with one attached hydrogen (secondary N) is 1. The number of amides is 2. The molecule has 1 aliphatic heterocycles. The smallest absolute Gasteiger partial charge is 0.422 e. The number of unbranched alkanes of at least 4 members (excludes halogenated alkanes) is 4. The Kier molecular flexibility index (Phi) is 16.7. The van der Waals surface area contributed by atoms with Crippen LogP contribution in [0.4, 0.5) is 13.2 Å². The number of aliphatic hydroxyl groups is 1. The van der Waals surface area contributed by atoms with Crippen LogP contribution in [0.1, 0.15) is 93.1 Å². The molecule has 0 bridgehead atoms. The van der Waals surface area contributed by atoms with Crippen LogP contribution >= 0.6 is 0 Å². The van der Waals surface area contributed by atoms with E-state index in [4.69, 9.17) is 14.2 Å². The Hall–Kier alpha value is -4.53. The number of rotatable bonds is 20. The number of esters is 2. The van der Waals surface area contributed by atoms with E-state index >= 15 is 0 Å². The van der Waals surface area contributed by atoms with Crippen molar-refractivity contribution in [3.8, 4) is 0 Å². The fraction of sp³-hybridized carbons (Fsp3) is 0.524. The molecule has 11 nitrogen and oxygen atoms in total. The summed E-state index contributed by atoms with van der Waals surface area (Å²) in [6.07, 6.45) is 3.61.